The summed E-state index contributed by atoms with van der Waals surface area (Å²) in [5.74, 6) is -2.61. The van der Waals surface area contributed by atoms with Gasteiger partial charge in [-0.3, -0.25) is 4.79 Å². The molecule has 0 bridgehead atoms. The maximum absolute atomic E-state index is 15.4. The molecule has 0 aliphatic heterocycles. The summed E-state index contributed by atoms with van der Waals surface area (Å²) in [7, 11) is 0. The fraction of sp³-hybridized carbons (Fsp3) is 0.250. The van der Waals surface area contributed by atoms with Gasteiger partial charge in [0, 0.05) is 10.7 Å². The topological polar surface area (TPSA) is 110 Å². The van der Waals surface area contributed by atoms with Gasteiger partial charge in [-0.2, -0.15) is 0 Å². The average molecular weight is 419 g/mol. The van der Waals surface area contributed by atoms with Crippen LogP contribution in [0, 0.1) is 12.7 Å². The molecule has 1 amide bonds. The van der Waals surface area contributed by atoms with Crippen LogP contribution in [0.2, 0.25) is 5.02 Å². The normalized spacial score (nSPS) is 11.5. The predicted molar refractivity (Wildman–Crippen MR) is 109 cm³/mol. The Labute approximate surface area is 171 Å². The van der Waals surface area contributed by atoms with Crippen molar-refractivity contribution in [2.75, 3.05) is 5.32 Å². The Morgan fingerprint density at radius 3 is 2.55 bits per heavy atom. The number of ether oxygens (including phenoxy) is 1. The van der Waals surface area contributed by atoms with Crippen LogP contribution >= 0.6 is 11.6 Å². The van der Waals surface area contributed by atoms with Gasteiger partial charge in [0.15, 0.2) is 11.6 Å². The molecule has 4 N–H and O–H groups in total. The van der Waals surface area contributed by atoms with Crippen LogP contribution in [0.5, 0.6) is 0 Å². The van der Waals surface area contributed by atoms with Crippen molar-refractivity contribution in [2.24, 2.45) is 5.73 Å². The van der Waals surface area contributed by atoms with Crippen LogP contribution in [0.15, 0.2) is 24.3 Å². The molecule has 0 fully saturated rings. The van der Waals surface area contributed by atoms with Crippen molar-refractivity contribution in [2.45, 2.75) is 33.3 Å². The summed E-state index contributed by atoms with van der Waals surface area (Å²) in [5, 5.41) is 3.45. The lowest BCUT2D eigenvalue weighted by Crippen LogP contribution is -2.24. The highest BCUT2D eigenvalue weighted by atomic mass is 35.5. The van der Waals surface area contributed by atoms with Gasteiger partial charge in [-0.05, 0) is 57.5 Å². The molecule has 1 aromatic heterocycles. The summed E-state index contributed by atoms with van der Waals surface area (Å²) in [5.41, 5.74) is 5.57. The van der Waals surface area contributed by atoms with E-state index in [0.717, 1.165) is 5.56 Å². The number of benzene rings is 2. The number of aromatic amines is 1. The molecule has 0 saturated carbocycles. The molecular formula is C20H20ClFN4O3. The Kier molecular flexibility index (Phi) is 5.23. The number of hydrogen-bond donors (Lipinski definition) is 3. The second-order valence-corrected chi connectivity index (χ2v) is 7.98. The molecule has 0 aliphatic rings. The van der Waals surface area contributed by atoms with Crippen LogP contribution in [-0.4, -0.2) is 27.4 Å². The number of H-pyrrole nitrogens is 1. The number of nitrogens with two attached hydrogens (primary N) is 1. The number of carbonyl (C=O) groups is 2. The third kappa shape index (κ3) is 4.32. The Balaban J connectivity index is 2.20. The minimum absolute atomic E-state index is 0.0565. The minimum Gasteiger partial charge on any atom is -0.456 e. The minimum atomic E-state index is -0.845. The average Bonchev–Trinajstić information content (AvgIpc) is 3.02. The van der Waals surface area contributed by atoms with Gasteiger partial charge < -0.3 is 20.8 Å². The van der Waals surface area contributed by atoms with E-state index in [0.29, 0.717) is 10.7 Å². The van der Waals surface area contributed by atoms with E-state index in [-0.39, 0.29) is 28.1 Å². The summed E-state index contributed by atoms with van der Waals surface area (Å²) in [4.78, 5) is 30.7. The van der Waals surface area contributed by atoms with Crippen molar-refractivity contribution < 1.29 is 18.7 Å². The fourth-order valence-electron chi connectivity index (χ4n) is 2.75. The zero-order chi connectivity index (χ0) is 21.5. The second-order valence-electron chi connectivity index (χ2n) is 7.55. The van der Waals surface area contributed by atoms with Crippen LogP contribution < -0.4 is 11.1 Å². The van der Waals surface area contributed by atoms with Crippen LogP contribution in [-0.2, 0) is 4.74 Å². The summed E-state index contributed by atoms with van der Waals surface area (Å²) in [6.07, 6.45) is 0. The molecular weight excluding hydrogens is 399 g/mol. The molecule has 3 rings (SSSR count). The third-order valence-corrected chi connectivity index (χ3v) is 4.25. The highest BCUT2D eigenvalue weighted by Crippen LogP contribution is 2.33. The molecule has 29 heavy (non-hydrogen) atoms. The van der Waals surface area contributed by atoms with Crippen molar-refractivity contribution >= 4 is 45.9 Å². The van der Waals surface area contributed by atoms with Crippen LogP contribution in [0.25, 0.3) is 11.0 Å². The maximum Gasteiger partial charge on any atom is 0.340 e. The monoisotopic (exact) mass is 418 g/mol. The zero-order valence-corrected chi connectivity index (χ0v) is 17.1. The SMILES string of the molecule is Cc1cc(Cl)ccc1Nc1c(C(=O)OC(C)(C)C)cc2[nH]c(C(N)=O)nc2c1F. The molecule has 0 unspecified atom stereocenters. The highest BCUT2D eigenvalue weighted by Gasteiger charge is 2.26. The Morgan fingerprint density at radius 1 is 1.28 bits per heavy atom. The first kappa shape index (κ1) is 20.6. The van der Waals surface area contributed by atoms with Crippen LogP contribution in [0.1, 0.15) is 47.3 Å². The predicted octanol–water partition coefficient (Wildman–Crippen LogP) is 4.46. The van der Waals surface area contributed by atoms with E-state index in [1.54, 1.807) is 45.9 Å². The first-order valence-corrected chi connectivity index (χ1v) is 9.12. The Morgan fingerprint density at radius 2 is 1.97 bits per heavy atom. The largest absolute Gasteiger partial charge is 0.456 e. The van der Waals surface area contributed by atoms with E-state index in [1.165, 1.54) is 6.07 Å². The first-order valence-electron chi connectivity index (χ1n) is 8.75. The quantitative estimate of drug-likeness (QED) is 0.542. The summed E-state index contributed by atoms with van der Waals surface area (Å²) in [6, 6.07) is 6.38. The van der Waals surface area contributed by atoms with E-state index in [4.69, 9.17) is 22.1 Å². The number of aryl methyl sites for hydroxylation is 1. The molecule has 0 atom stereocenters. The lowest BCUT2D eigenvalue weighted by Gasteiger charge is -2.21. The van der Waals surface area contributed by atoms with Crippen molar-refractivity contribution in [3.8, 4) is 0 Å². The smallest absolute Gasteiger partial charge is 0.340 e. The lowest BCUT2D eigenvalue weighted by molar-refractivity contribution is 0.00704. The molecule has 2 aromatic carbocycles. The summed E-state index contributed by atoms with van der Waals surface area (Å²) < 4.78 is 20.8. The molecule has 0 radical (unpaired) electrons. The Hall–Kier alpha value is -3.13. The van der Waals surface area contributed by atoms with Gasteiger partial charge in [0.1, 0.15) is 11.1 Å². The van der Waals surface area contributed by atoms with E-state index < -0.39 is 23.3 Å². The summed E-state index contributed by atoms with van der Waals surface area (Å²) >= 11 is 5.98. The second kappa shape index (κ2) is 7.36. The van der Waals surface area contributed by atoms with Gasteiger partial charge in [-0.1, -0.05) is 11.6 Å². The highest BCUT2D eigenvalue weighted by molar-refractivity contribution is 6.30. The van der Waals surface area contributed by atoms with Gasteiger partial charge in [-0.15, -0.1) is 0 Å². The van der Waals surface area contributed by atoms with E-state index in [9.17, 15) is 9.59 Å². The first-order chi connectivity index (χ1) is 13.5. The van der Waals surface area contributed by atoms with Gasteiger partial charge in [0.2, 0.25) is 0 Å². The van der Waals surface area contributed by atoms with E-state index in [1.807, 2.05) is 0 Å². The van der Waals surface area contributed by atoms with Gasteiger partial charge in [-0.25, -0.2) is 14.2 Å². The molecule has 7 nitrogen and oxygen atoms in total. The number of fused-ring (bicyclic) bond motifs is 1. The van der Waals surface area contributed by atoms with Crippen LogP contribution in [0.4, 0.5) is 15.8 Å². The third-order valence-electron chi connectivity index (χ3n) is 4.02. The van der Waals surface area contributed by atoms with E-state index in [2.05, 4.69) is 15.3 Å². The number of nitrogens with one attached hydrogen (secondary N) is 2. The van der Waals surface area contributed by atoms with E-state index >= 15 is 4.39 Å². The molecule has 9 heteroatoms. The number of hydrogen-bond acceptors (Lipinski definition) is 5. The van der Waals surface area contributed by atoms with Gasteiger partial charge in [0.25, 0.3) is 5.91 Å². The summed E-state index contributed by atoms with van der Waals surface area (Å²) in [6.45, 7) is 6.91. The standard InChI is InChI=1S/C20H20ClFN4O3/c1-9-7-10(21)5-6-12(9)24-15-11(19(28)29-20(2,3)4)8-13-16(14(15)22)26-18(25-13)17(23)27/h5-8,24H,1-4H3,(H2,23,27)(H,25,26). The number of primary amides is 1. The number of carbonyl (C=O) groups excluding carboxylic acids is 2. The molecule has 3 aromatic rings. The number of halogens is 2. The number of anilines is 2. The van der Waals surface area contributed by atoms with Gasteiger partial charge >= 0.3 is 5.97 Å². The fourth-order valence-corrected chi connectivity index (χ4v) is 2.97. The number of esters is 1. The van der Waals surface area contributed by atoms with Crippen molar-refractivity contribution in [3.63, 3.8) is 0 Å². The number of amides is 1. The zero-order valence-electron chi connectivity index (χ0n) is 16.3. The number of rotatable bonds is 4. The number of nitrogens with zero attached hydrogens (tertiary/aromatic N) is 1. The molecule has 1 heterocycles. The molecule has 0 aliphatic carbocycles. The Bertz CT molecular complexity index is 1130. The van der Waals surface area contributed by atoms with Crippen molar-refractivity contribution in [3.05, 3.63) is 52.1 Å². The molecule has 0 spiro atoms. The number of imidazole rings is 1. The van der Waals surface area contributed by atoms with Crippen LogP contribution in [0.3, 0.4) is 0 Å². The maximum atomic E-state index is 15.4. The number of aromatic nitrogens is 2. The van der Waals surface area contributed by atoms with Gasteiger partial charge in [0.05, 0.1) is 16.8 Å². The lowest BCUT2D eigenvalue weighted by atomic mass is 10.1. The molecule has 0 saturated heterocycles. The van der Waals surface area contributed by atoms with Crippen molar-refractivity contribution in [1.29, 1.82) is 0 Å². The molecule has 152 valence electrons. The van der Waals surface area contributed by atoms with Crippen molar-refractivity contribution in [1.82, 2.24) is 9.97 Å².